The van der Waals surface area contributed by atoms with E-state index >= 15 is 0 Å². The van der Waals surface area contributed by atoms with Crippen LogP contribution in [0.15, 0.2) is 72.2 Å². The van der Waals surface area contributed by atoms with Gasteiger partial charge in [0.05, 0.1) is 5.56 Å². The number of H-pyrrole nitrogens is 1. The van der Waals surface area contributed by atoms with Gasteiger partial charge < -0.3 is 31.6 Å². The number of pyridine rings is 1. The summed E-state index contributed by atoms with van der Waals surface area (Å²) in [5.41, 5.74) is 16.0. The molecule has 6 N–H and O–H groups in total. The highest BCUT2D eigenvalue weighted by Gasteiger charge is 2.15. The molecule has 35 heavy (non-hydrogen) atoms. The van der Waals surface area contributed by atoms with E-state index in [1.807, 2.05) is 12.1 Å². The Morgan fingerprint density at radius 2 is 1.66 bits per heavy atom. The van der Waals surface area contributed by atoms with Crippen molar-refractivity contribution in [1.29, 1.82) is 0 Å². The summed E-state index contributed by atoms with van der Waals surface area (Å²) in [6, 6.07) is 16.6. The summed E-state index contributed by atoms with van der Waals surface area (Å²) >= 11 is 0. The topological polar surface area (TPSA) is 120 Å². The van der Waals surface area contributed by atoms with Crippen molar-refractivity contribution in [3.8, 4) is 0 Å². The Balaban J connectivity index is 1.57. The number of benzene rings is 2. The van der Waals surface area contributed by atoms with Gasteiger partial charge in [0.25, 0.3) is 5.56 Å². The molecule has 2 heterocycles. The molecule has 1 aliphatic rings. The van der Waals surface area contributed by atoms with Gasteiger partial charge in [0.1, 0.15) is 0 Å². The number of hydrogen-bond acceptors (Lipinski definition) is 6. The summed E-state index contributed by atoms with van der Waals surface area (Å²) in [6.07, 6.45) is 3.19. The van der Waals surface area contributed by atoms with Crippen LogP contribution in [0, 0.1) is 0 Å². The molecule has 8 heteroatoms. The number of aromatic amines is 1. The summed E-state index contributed by atoms with van der Waals surface area (Å²) < 4.78 is 0. The number of nitrogens with zero attached hydrogens (tertiary/aromatic N) is 2. The van der Waals surface area contributed by atoms with Gasteiger partial charge in [-0.3, -0.25) is 9.59 Å². The molecule has 0 saturated carbocycles. The smallest absolute Gasteiger partial charge is 0.257 e. The van der Waals surface area contributed by atoms with E-state index in [1.165, 1.54) is 0 Å². The predicted octanol–water partition coefficient (Wildman–Crippen LogP) is 2.77. The largest absolute Gasteiger partial charge is 0.398 e. The van der Waals surface area contributed by atoms with Gasteiger partial charge in [-0.2, -0.15) is 0 Å². The van der Waals surface area contributed by atoms with E-state index in [1.54, 1.807) is 42.6 Å². The number of primary amides is 1. The van der Waals surface area contributed by atoms with Gasteiger partial charge in [-0.1, -0.05) is 24.8 Å². The Morgan fingerprint density at radius 3 is 2.31 bits per heavy atom. The minimum Gasteiger partial charge on any atom is -0.398 e. The third-order valence-electron chi connectivity index (χ3n) is 6.14. The lowest BCUT2D eigenvalue weighted by Crippen LogP contribution is -2.44. The average Bonchev–Trinajstić information content (AvgIpc) is 2.85. The van der Waals surface area contributed by atoms with Gasteiger partial charge in [-0.05, 0) is 55.1 Å². The monoisotopic (exact) mass is 470 g/mol. The van der Waals surface area contributed by atoms with Crippen LogP contribution in [0.3, 0.4) is 0 Å². The third kappa shape index (κ3) is 5.44. The zero-order valence-corrected chi connectivity index (χ0v) is 19.8. The predicted molar refractivity (Wildman–Crippen MR) is 143 cm³/mol. The Kier molecular flexibility index (Phi) is 7.03. The standard InChI is InChI=1S/C27H30N6O2/c1-18(31-20-7-9-21(10-8-20)33-15-13-32(2)14-16-33)25-19(11-12-30-27(25)35)17-24(28)22-5-3-4-6-23(22)26(29)34/h3-12,17,31H,1,13-16,28H2,2H3,(H2,29,34)(H,30,35)/b24-17-. The number of carbonyl (C=O) groups excluding carboxylic acids is 1. The van der Waals surface area contributed by atoms with Crippen LogP contribution in [0.4, 0.5) is 11.4 Å². The fourth-order valence-electron chi connectivity index (χ4n) is 4.18. The first-order valence-corrected chi connectivity index (χ1v) is 11.4. The lowest BCUT2D eigenvalue weighted by Gasteiger charge is -2.34. The van der Waals surface area contributed by atoms with E-state index in [9.17, 15) is 9.59 Å². The van der Waals surface area contributed by atoms with Gasteiger partial charge in [-0.25, -0.2) is 0 Å². The van der Waals surface area contributed by atoms with Crippen molar-refractivity contribution in [3.05, 3.63) is 100.0 Å². The quantitative estimate of drug-likeness (QED) is 0.421. The molecular formula is C27H30N6O2. The van der Waals surface area contributed by atoms with Crippen LogP contribution in [0.25, 0.3) is 17.5 Å². The molecule has 1 fully saturated rings. The summed E-state index contributed by atoms with van der Waals surface area (Å²) in [5.74, 6) is -0.575. The zero-order chi connectivity index (χ0) is 24.9. The van der Waals surface area contributed by atoms with E-state index in [4.69, 9.17) is 11.5 Å². The number of amides is 1. The molecule has 0 aliphatic carbocycles. The molecule has 8 nitrogen and oxygen atoms in total. The van der Waals surface area contributed by atoms with Gasteiger partial charge in [0.15, 0.2) is 0 Å². The van der Waals surface area contributed by atoms with Crippen molar-refractivity contribution >= 4 is 34.8 Å². The first-order chi connectivity index (χ1) is 16.8. The van der Waals surface area contributed by atoms with Crippen molar-refractivity contribution in [1.82, 2.24) is 9.88 Å². The molecule has 0 spiro atoms. The maximum Gasteiger partial charge on any atom is 0.257 e. The van der Waals surface area contributed by atoms with Gasteiger partial charge in [-0.15, -0.1) is 0 Å². The third-order valence-corrected chi connectivity index (χ3v) is 6.14. The molecule has 4 rings (SSSR count). The molecule has 1 aliphatic heterocycles. The maximum atomic E-state index is 12.7. The highest BCUT2D eigenvalue weighted by atomic mass is 16.1. The second-order valence-corrected chi connectivity index (χ2v) is 8.59. The first-order valence-electron chi connectivity index (χ1n) is 11.4. The number of anilines is 2. The highest BCUT2D eigenvalue weighted by Crippen LogP contribution is 2.24. The lowest BCUT2D eigenvalue weighted by atomic mass is 10.0. The molecule has 0 atom stereocenters. The highest BCUT2D eigenvalue weighted by molar-refractivity contribution is 6.00. The second-order valence-electron chi connectivity index (χ2n) is 8.59. The van der Waals surface area contributed by atoms with Crippen molar-refractivity contribution in [2.45, 2.75) is 0 Å². The Morgan fingerprint density at radius 1 is 1.00 bits per heavy atom. The molecule has 2 aromatic carbocycles. The van der Waals surface area contributed by atoms with Crippen molar-refractivity contribution in [3.63, 3.8) is 0 Å². The molecular weight excluding hydrogens is 440 g/mol. The van der Waals surface area contributed by atoms with Crippen LogP contribution in [0.2, 0.25) is 0 Å². The summed E-state index contributed by atoms with van der Waals surface area (Å²) in [6.45, 7) is 8.16. The van der Waals surface area contributed by atoms with Gasteiger partial charge in [0, 0.05) is 66.3 Å². The van der Waals surface area contributed by atoms with Crippen LogP contribution in [-0.4, -0.2) is 49.0 Å². The number of likely N-dealkylation sites (N-methyl/N-ethyl adjacent to an activating group) is 1. The van der Waals surface area contributed by atoms with Crippen molar-refractivity contribution < 1.29 is 4.79 Å². The van der Waals surface area contributed by atoms with E-state index < -0.39 is 5.91 Å². The Hall–Kier alpha value is -4.30. The summed E-state index contributed by atoms with van der Waals surface area (Å²) in [7, 11) is 2.13. The molecule has 0 radical (unpaired) electrons. The molecule has 1 saturated heterocycles. The van der Waals surface area contributed by atoms with Crippen molar-refractivity contribution in [2.75, 3.05) is 43.4 Å². The zero-order valence-electron chi connectivity index (χ0n) is 19.8. The molecule has 180 valence electrons. The Bertz CT molecular complexity index is 1320. The molecule has 3 aromatic rings. The van der Waals surface area contributed by atoms with Crippen molar-refractivity contribution in [2.24, 2.45) is 11.5 Å². The number of rotatable bonds is 7. The second kappa shape index (κ2) is 10.3. The normalized spacial score (nSPS) is 14.5. The van der Waals surface area contributed by atoms with Crippen LogP contribution in [0.5, 0.6) is 0 Å². The average molecular weight is 471 g/mol. The van der Waals surface area contributed by atoms with Gasteiger partial charge in [0.2, 0.25) is 5.91 Å². The van der Waals surface area contributed by atoms with E-state index in [0.29, 0.717) is 33.6 Å². The van der Waals surface area contributed by atoms with E-state index in [2.05, 4.69) is 45.9 Å². The molecule has 0 bridgehead atoms. The number of carbonyl (C=O) groups is 1. The minimum atomic E-state index is -0.575. The van der Waals surface area contributed by atoms with E-state index in [0.717, 1.165) is 37.6 Å². The number of piperazine rings is 1. The van der Waals surface area contributed by atoms with Crippen LogP contribution in [-0.2, 0) is 0 Å². The summed E-state index contributed by atoms with van der Waals surface area (Å²) in [5, 5.41) is 3.23. The van der Waals surface area contributed by atoms with E-state index in [-0.39, 0.29) is 5.56 Å². The number of hydrogen-bond donors (Lipinski definition) is 4. The number of aromatic nitrogens is 1. The Labute approximate surface area is 204 Å². The molecule has 0 unspecified atom stereocenters. The maximum absolute atomic E-state index is 12.7. The fraction of sp³-hybridized carbons (Fsp3) is 0.185. The number of nitrogens with one attached hydrogen (secondary N) is 2. The number of nitrogens with two attached hydrogens (primary N) is 2. The van der Waals surface area contributed by atoms with Gasteiger partial charge >= 0.3 is 0 Å². The van der Waals surface area contributed by atoms with Crippen LogP contribution >= 0.6 is 0 Å². The SMILES string of the molecule is C=C(Nc1ccc(N2CCN(C)CC2)cc1)c1c(/C=C(\N)c2ccccc2C(N)=O)cc[nH]c1=O. The molecule has 1 aromatic heterocycles. The lowest BCUT2D eigenvalue weighted by molar-refractivity contribution is 0.1000. The van der Waals surface area contributed by atoms with Crippen LogP contribution in [0.1, 0.15) is 27.0 Å². The molecule has 1 amide bonds. The summed E-state index contributed by atoms with van der Waals surface area (Å²) in [4.78, 5) is 31.9. The minimum absolute atomic E-state index is 0.304. The first kappa shape index (κ1) is 23.8. The van der Waals surface area contributed by atoms with Crippen LogP contribution < -0.4 is 27.2 Å². The fourth-order valence-corrected chi connectivity index (χ4v) is 4.18.